The second-order valence-electron chi connectivity index (χ2n) is 4.52. The van der Waals surface area contributed by atoms with Gasteiger partial charge in [-0.2, -0.15) is 0 Å². The van der Waals surface area contributed by atoms with E-state index in [1.807, 2.05) is 17.5 Å². The van der Waals surface area contributed by atoms with Gasteiger partial charge in [-0.25, -0.2) is 18.1 Å². The molecule has 0 atom stereocenters. The molecule has 0 saturated carbocycles. The number of nitrogens with one attached hydrogen (secondary N) is 1. The van der Waals surface area contributed by atoms with Crippen molar-refractivity contribution in [1.82, 2.24) is 14.7 Å². The second-order valence-corrected chi connectivity index (χ2v) is 7.26. The molecule has 0 fully saturated rings. The van der Waals surface area contributed by atoms with Crippen molar-refractivity contribution in [3.05, 3.63) is 65.4 Å². The topological polar surface area (TPSA) is 72.0 Å². The molecule has 5 nitrogen and oxygen atoms in total. The van der Waals surface area contributed by atoms with Crippen molar-refractivity contribution in [3.8, 4) is 11.1 Å². The van der Waals surface area contributed by atoms with Crippen LogP contribution in [0.5, 0.6) is 0 Å². The quantitative estimate of drug-likeness (QED) is 0.780. The van der Waals surface area contributed by atoms with E-state index in [1.54, 1.807) is 42.9 Å². The molecule has 3 rings (SSSR count). The number of sulfonamides is 1. The minimum atomic E-state index is -3.53. The fourth-order valence-corrected chi connectivity index (χ4v) is 3.58. The zero-order chi connectivity index (χ0) is 15.4. The lowest BCUT2D eigenvalue weighted by atomic mass is 10.1. The summed E-state index contributed by atoms with van der Waals surface area (Å²) in [5.74, 6) is 0. The fraction of sp³-hybridized carbons (Fsp3) is 0.0667. The van der Waals surface area contributed by atoms with Crippen molar-refractivity contribution >= 4 is 21.4 Å². The smallest absolute Gasteiger partial charge is 0.240 e. The van der Waals surface area contributed by atoms with E-state index in [-0.39, 0.29) is 11.4 Å². The highest BCUT2D eigenvalue weighted by molar-refractivity contribution is 7.89. The lowest BCUT2D eigenvalue weighted by Crippen LogP contribution is -2.23. The van der Waals surface area contributed by atoms with Crippen molar-refractivity contribution in [3.63, 3.8) is 0 Å². The van der Waals surface area contributed by atoms with Crippen LogP contribution in [0.3, 0.4) is 0 Å². The first-order valence-corrected chi connectivity index (χ1v) is 8.90. The van der Waals surface area contributed by atoms with Crippen LogP contribution in [-0.2, 0) is 16.6 Å². The molecule has 0 aliphatic carbocycles. The van der Waals surface area contributed by atoms with Gasteiger partial charge in [0.2, 0.25) is 10.0 Å². The molecule has 2 aromatic heterocycles. The summed E-state index contributed by atoms with van der Waals surface area (Å²) in [6.07, 6.45) is 5.09. The highest BCUT2D eigenvalue weighted by atomic mass is 32.2. The Morgan fingerprint density at radius 2 is 1.86 bits per heavy atom. The number of nitrogens with zero attached hydrogens (tertiary/aromatic N) is 2. The normalized spacial score (nSPS) is 11.5. The molecule has 0 bridgehead atoms. The summed E-state index contributed by atoms with van der Waals surface area (Å²) in [5.41, 5.74) is 1.87. The van der Waals surface area contributed by atoms with Crippen LogP contribution in [-0.4, -0.2) is 18.4 Å². The van der Waals surface area contributed by atoms with Gasteiger partial charge in [0.05, 0.1) is 11.4 Å². The van der Waals surface area contributed by atoms with E-state index in [9.17, 15) is 8.42 Å². The lowest BCUT2D eigenvalue weighted by molar-refractivity contribution is 0.581. The van der Waals surface area contributed by atoms with E-state index < -0.39 is 10.0 Å². The predicted molar refractivity (Wildman–Crippen MR) is 85.8 cm³/mol. The molecule has 0 amide bonds. The van der Waals surface area contributed by atoms with E-state index in [4.69, 9.17) is 0 Å². The Labute approximate surface area is 132 Å². The molecule has 112 valence electrons. The van der Waals surface area contributed by atoms with E-state index in [2.05, 4.69) is 14.7 Å². The molecule has 1 aromatic carbocycles. The molecule has 22 heavy (non-hydrogen) atoms. The maximum atomic E-state index is 12.2. The summed E-state index contributed by atoms with van der Waals surface area (Å²) in [5, 5.41) is 2.54. The summed E-state index contributed by atoms with van der Waals surface area (Å²) < 4.78 is 27.0. The number of pyridine rings is 1. The van der Waals surface area contributed by atoms with Gasteiger partial charge in [-0.15, -0.1) is 11.3 Å². The van der Waals surface area contributed by atoms with Gasteiger partial charge < -0.3 is 0 Å². The minimum Gasteiger partial charge on any atom is -0.264 e. The Hall–Kier alpha value is -2.09. The molecule has 2 heterocycles. The van der Waals surface area contributed by atoms with Crippen LogP contribution < -0.4 is 4.72 Å². The molecule has 3 aromatic rings. The predicted octanol–water partition coefficient (Wildman–Crippen LogP) is 2.68. The molecule has 0 spiro atoms. The highest BCUT2D eigenvalue weighted by Gasteiger charge is 2.14. The largest absolute Gasteiger partial charge is 0.264 e. The number of aromatic nitrogens is 2. The molecule has 0 aliphatic rings. The zero-order valence-corrected chi connectivity index (χ0v) is 13.1. The van der Waals surface area contributed by atoms with E-state index in [0.717, 1.165) is 16.1 Å². The Morgan fingerprint density at radius 1 is 1.05 bits per heavy atom. The molecule has 7 heteroatoms. The summed E-state index contributed by atoms with van der Waals surface area (Å²) in [4.78, 5) is 8.34. The second kappa shape index (κ2) is 6.35. The molecule has 0 unspecified atom stereocenters. The van der Waals surface area contributed by atoms with Gasteiger partial charge in [0.1, 0.15) is 5.01 Å². The van der Waals surface area contributed by atoms with Crippen LogP contribution >= 0.6 is 11.3 Å². The molecular weight excluding hydrogens is 318 g/mol. The van der Waals surface area contributed by atoms with Gasteiger partial charge in [-0.1, -0.05) is 18.2 Å². The van der Waals surface area contributed by atoms with Crippen LogP contribution in [0.2, 0.25) is 0 Å². The minimum absolute atomic E-state index is 0.199. The molecule has 0 aliphatic heterocycles. The van der Waals surface area contributed by atoms with Crippen molar-refractivity contribution in [1.29, 1.82) is 0 Å². The Bertz CT molecular complexity index is 830. The van der Waals surface area contributed by atoms with Crippen LogP contribution in [0.25, 0.3) is 11.1 Å². The van der Waals surface area contributed by atoms with E-state index in [0.29, 0.717) is 0 Å². The summed E-state index contributed by atoms with van der Waals surface area (Å²) >= 11 is 1.41. The first kappa shape index (κ1) is 14.8. The third kappa shape index (κ3) is 3.38. The molecular formula is C15H13N3O2S2. The third-order valence-corrected chi connectivity index (χ3v) is 5.25. The first-order valence-electron chi connectivity index (χ1n) is 6.54. The monoisotopic (exact) mass is 331 g/mol. The average Bonchev–Trinajstić information content (AvgIpc) is 3.08. The molecule has 0 saturated heterocycles. The zero-order valence-electron chi connectivity index (χ0n) is 11.5. The average molecular weight is 331 g/mol. The Morgan fingerprint density at radius 3 is 2.50 bits per heavy atom. The van der Waals surface area contributed by atoms with Gasteiger partial charge in [-0.05, 0) is 29.3 Å². The van der Waals surface area contributed by atoms with Gasteiger partial charge in [-0.3, -0.25) is 4.98 Å². The van der Waals surface area contributed by atoms with Crippen molar-refractivity contribution in [2.75, 3.05) is 0 Å². The Balaban J connectivity index is 1.77. The van der Waals surface area contributed by atoms with Gasteiger partial charge >= 0.3 is 0 Å². The first-order chi connectivity index (χ1) is 10.6. The van der Waals surface area contributed by atoms with E-state index >= 15 is 0 Å². The maximum Gasteiger partial charge on any atom is 0.240 e. The van der Waals surface area contributed by atoms with Crippen LogP contribution in [0.4, 0.5) is 0 Å². The van der Waals surface area contributed by atoms with Crippen molar-refractivity contribution in [2.45, 2.75) is 11.4 Å². The fourth-order valence-electron chi connectivity index (χ4n) is 1.94. The van der Waals surface area contributed by atoms with Crippen molar-refractivity contribution in [2.24, 2.45) is 0 Å². The Kier molecular flexibility index (Phi) is 4.28. The van der Waals surface area contributed by atoms with E-state index in [1.165, 1.54) is 11.3 Å². The third-order valence-electron chi connectivity index (χ3n) is 3.06. The summed E-state index contributed by atoms with van der Waals surface area (Å²) in [6, 6.07) is 10.5. The number of benzene rings is 1. The number of hydrogen-bond donors (Lipinski definition) is 1. The van der Waals surface area contributed by atoms with Crippen molar-refractivity contribution < 1.29 is 8.42 Å². The highest BCUT2D eigenvalue weighted by Crippen LogP contribution is 2.20. The molecule has 0 radical (unpaired) electrons. The van der Waals surface area contributed by atoms with Crippen LogP contribution in [0.15, 0.2) is 65.3 Å². The molecule has 1 N–H and O–H groups in total. The number of rotatable bonds is 5. The number of thiazole rings is 1. The van der Waals surface area contributed by atoms with Gasteiger partial charge in [0.15, 0.2) is 0 Å². The van der Waals surface area contributed by atoms with Gasteiger partial charge in [0, 0.05) is 24.0 Å². The van der Waals surface area contributed by atoms with Crippen LogP contribution in [0, 0.1) is 0 Å². The maximum absolute atomic E-state index is 12.2. The standard InChI is InChI=1S/C15H13N3O2S2/c19-22(20,18-11-15-17-8-9-21-15)14-5-3-12(4-6-14)13-2-1-7-16-10-13/h1-10,18H,11H2. The summed E-state index contributed by atoms with van der Waals surface area (Å²) in [7, 11) is -3.53. The lowest BCUT2D eigenvalue weighted by Gasteiger charge is -2.06. The summed E-state index contributed by atoms with van der Waals surface area (Å²) in [6.45, 7) is 0.199. The SMILES string of the molecule is O=S(=O)(NCc1nccs1)c1ccc(-c2cccnc2)cc1. The van der Waals surface area contributed by atoms with Crippen LogP contribution in [0.1, 0.15) is 5.01 Å². The van der Waals surface area contributed by atoms with Gasteiger partial charge in [0.25, 0.3) is 0 Å². The number of hydrogen-bond acceptors (Lipinski definition) is 5.